The third kappa shape index (κ3) is 2.49. The monoisotopic (exact) mass is 266 g/mol. The minimum Gasteiger partial charge on any atom is -0.226 e. The van der Waals surface area contributed by atoms with Gasteiger partial charge in [-0.2, -0.15) is 0 Å². The molecule has 0 atom stereocenters. The molecule has 2 aromatic carbocycles. The summed E-state index contributed by atoms with van der Waals surface area (Å²) in [6, 6.07) is 20.2. The number of rotatable bonds is 2. The van der Waals surface area contributed by atoms with Crippen molar-refractivity contribution >= 4 is 11.6 Å². The Labute approximate surface area is 116 Å². The number of aromatic nitrogens is 2. The molecule has 3 rings (SSSR count). The van der Waals surface area contributed by atoms with Gasteiger partial charge in [0.1, 0.15) is 0 Å². The van der Waals surface area contributed by atoms with Crippen LogP contribution < -0.4 is 0 Å². The molecule has 1 aromatic heterocycles. The second-order valence-electron chi connectivity index (χ2n) is 4.12. The van der Waals surface area contributed by atoms with E-state index in [0.29, 0.717) is 0 Å². The Morgan fingerprint density at radius 1 is 0.737 bits per heavy atom. The minimum atomic E-state index is 0.264. The first-order valence-electron chi connectivity index (χ1n) is 5.98. The molecule has 0 saturated heterocycles. The molecule has 0 aliphatic carbocycles. The maximum absolute atomic E-state index is 5.87. The van der Waals surface area contributed by atoms with Crippen molar-refractivity contribution in [1.82, 2.24) is 9.97 Å². The SMILES string of the molecule is Clc1nccc(-c2ccccc2-c2ccccc2)n1. The van der Waals surface area contributed by atoms with Gasteiger partial charge in [-0.05, 0) is 28.8 Å². The number of hydrogen-bond donors (Lipinski definition) is 0. The Balaban J connectivity index is 2.18. The van der Waals surface area contributed by atoms with Crippen molar-refractivity contribution in [3.8, 4) is 22.4 Å². The van der Waals surface area contributed by atoms with E-state index in [1.165, 1.54) is 0 Å². The van der Waals surface area contributed by atoms with Crippen LogP contribution in [0.1, 0.15) is 0 Å². The van der Waals surface area contributed by atoms with E-state index < -0.39 is 0 Å². The maximum Gasteiger partial charge on any atom is 0.222 e. The Hall–Kier alpha value is -2.19. The van der Waals surface area contributed by atoms with Crippen LogP contribution in [-0.4, -0.2) is 9.97 Å². The van der Waals surface area contributed by atoms with E-state index in [1.54, 1.807) is 6.20 Å². The zero-order valence-electron chi connectivity index (χ0n) is 10.1. The quantitative estimate of drug-likeness (QED) is 0.640. The molecule has 92 valence electrons. The highest BCUT2D eigenvalue weighted by molar-refractivity contribution is 6.28. The van der Waals surface area contributed by atoms with E-state index in [4.69, 9.17) is 11.6 Å². The van der Waals surface area contributed by atoms with Gasteiger partial charge in [0.2, 0.25) is 5.28 Å². The van der Waals surface area contributed by atoms with Gasteiger partial charge >= 0.3 is 0 Å². The Morgan fingerprint density at radius 3 is 2.16 bits per heavy atom. The van der Waals surface area contributed by atoms with Crippen LogP contribution in [0.25, 0.3) is 22.4 Å². The molecule has 0 fully saturated rings. The minimum absolute atomic E-state index is 0.264. The van der Waals surface area contributed by atoms with Crippen molar-refractivity contribution in [2.45, 2.75) is 0 Å². The van der Waals surface area contributed by atoms with Crippen LogP contribution in [0.5, 0.6) is 0 Å². The van der Waals surface area contributed by atoms with Crippen LogP contribution in [0.15, 0.2) is 66.9 Å². The molecular weight excluding hydrogens is 256 g/mol. The summed E-state index contributed by atoms with van der Waals surface area (Å²) in [6.07, 6.45) is 1.67. The van der Waals surface area contributed by atoms with Crippen LogP contribution in [0.2, 0.25) is 5.28 Å². The standard InChI is InChI=1S/C16H11ClN2/c17-16-18-11-10-15(19-16)14-9-5-4-8-13(14)12-6-2-1-3-7-12/h1-11H. The largest absolute Gasteiger partial charge is 0.226 e. The van der Waals surface area contributed by atoms with Crippen LogP contribution in [-0.2, 0) is 0 Å². The lowest BCUT2D eigenvalue weighted by molar-refractivity contribution is 1.17. The van der Waals surface area contributed by atoms with Crippen LogP contribution in [0.4, 0.5) is 0 Å². The van der Waals surface area contributed by atoms with Gasteiger partial charge in [-0.3, -0.25) is 0 Å². The van der Waals surface area contributed by atoms with Crippen molar-refractivity contribution in [2.24, 2.45) is 0 Å². The Morgan fingerprint density at radius 2 is 1.42 bits per heavy atom. The van der Waals surface area contributed by atoms with Gasteiger partial charge in [0.25, 0.3) is 0 Å². The highest BCUT2D eigenvalue weighted by Crippen LogP contribution is 2.30. The normalized spacial score (nSPS) is 10.4. The smallest absolute Gasteiger partial charge is 0.222 e. The summed E-state index contributed by atoms with van der Waals surface area (Å²) in [6.45, 7) is 0. The molecule has 0 spiro atoms. The van der Waals surface area contributed by atoms with Crippen LogP contribution >= 0.6 is 11.6 Å². The molecule has 0 aliphatic heterocycles. The van der Waals surface area contributed by atoms with Crippen LogP contribution in [0.3, 0.4) is 0 Å². The van der Waals surface area contributed by atoms with E-state index in [9.17, 15) is 0 Å². The Kier molecular flexibility index (Phi) is 3.25. The van der Waals surface area contributed by atoms with Crippen molar-refractivity contribution < 1.29 is 0 Å². The van der Waals surface area contributed by atoms with Crippen molar-refractivity contribution in [1.29, 1.82) is 0 Å². The summed E-state index contributed by atoms with van der Waals surface area (Å²) in [4.78, 5) is 8.21. The van der Waals surface area contributed by atoms with Gasteiger partial charge in [-0.15, -0.1) is 0 Å². The predicted molar refractivity (Wildman–Crippen MR) is 77.9 cm³/mol. The molecular formula is C16H11ClN2. The summed E-state index contributed by atoms with van der Waals surface area (Å²) in [5, 5.41) is 0.264. The molecule has 19 heavy (non-hydrogen) atoms. The highest BCUT2D eigenvalue weighted by atomic mass is 35.5. The third-order valence-electron chi connectivity index (χ3n) is 2.91. The average Bonchev–Trinajstić information content (AvgIpc) is 2.48. The molecule has 0 N–H and O–H groups in total. The second-order valence-corrected chi connectivity index (χ2v) is 4.46. The summed E-state index contributed by atoms with van der Waals surface area (Å²) >= 11 is 5.87. The molecule has 0 saturated carbocycles. The number of nitrogens with zero attached hydrogens (tertiary/aromatic N) is 2. The second kappa shape index (κ2) is 5.21. The number of hydrogen-bond acceptors (Lipinski definition) is 2. The van der Waals surface area contributed by atoms with Crippen molar-refractivity contribution in [3.05, 3.63) is 72.1 Å². The Bertz CT molecular complexity index is 696. The first kappa shape index (κ1) is 11.9. The zero-order chi connectivity index (χ0) is 13.1. The van der Waals surface area contributed by atoms with E-state index in [2.05, 4.69) is 28.2 Å². The lowest BCUT2D eigenvalue weighted by Gasteiger charge is -2.09. The molecule has 0 unspecified atom stereocenters. The summed E-state index contributed by atoms with van der Waals surface area (Å²) in [5.74, 6) is 0. The first-order chi connectivity index (χ1) is 9.34. The maximum atomic E-state index is 5.87. The molecule has 3 aromatic rings. The van der Waals surface area contributed by atoms with Crippen molar-refractivity contribution in [2.75, 3.05) is 0 Å². The molecule has 0 aliphatic rings. The van der Waals surface area contributed by atoms with E-state index in [1.807, 2.05) is 42.5 Å². The van der Waals surface area contributed by atoms with Gasteiger partial charge in [0, 0.05) is 11.8 Å². The summed E-state index contributed by atoms with van der Waals surface area (Å²) < 4.78 is 0. The first-order valence-corrected chi connectivity index (χ1v) is 6.36. The fraction of sp³-hybridized carbons (Fsp3) is 0. The van der Waals surface area contributed by atoms with E-state index in [0.717, 1.165) is 22.4 Å². The molecule has 3 heteroatoms. The van der Waals surface area contributed by atoms with Gasteiger partial charge in [-0.25, -0.2) is 9.97 Å². The third-order valence-corrected chi connectivity index (χ3v) is 3.10. The molecule has 0 radical (unpaired) electrons. The number of benzene rings is 2. The van der Waals surface area contributed by atoms with Gasteiger partial charge < -0.3 is 0 Å². The fourth-order valence-corrected chi connectivity index (χ4v) is 2.21. The highest BCUT2D eigenvalue weighted by Gasteiger charge is 2.08. The molecule has 2 nitrogen and oxygen atoms in total. The van der Waals surface area contributed by atoms with Gasteiger partial charge in [-0.1, -0.05) is 54.6 Å². The lowest BCUT2D eigenvalue weighted by Crippen LogP contribution is -1.89. The number of halogens is 1. The summed E-state index contributed by atoms with van der Waals surface area (Å²) in [5.41, 5.74) is 4.18. The lowest BCUT2D eigenvalue weighted by atomic mass is 9.98. The van der Waals surface area contributed by atoms with Gasteiger partial charge in [0.05, 0.1) is 5.69 Å². The van der Waals surface area contributed by atoms with Crippen molar-refractivity contribution in [3.63, 3.8) is 0 Å². The fourth-order valence-electron chi connectivity index (χ4n) is 2.06. The molecule has 1 heterocycles. The van der Waals surface area contributed by atoms with E-state index in [-0.39, 0.29) is 5.28 Å². The average molecular weight is 267 g/mol. The topological polar surface area (TPSA) is 25.8 Å². The zero-order valence-corrected chi connectivity index (χ0v) is 10.9. The predicted octanol–water partition coefficient (Wildman–Crippen LogP) is 4.46. The molecule has 0 bridgehead atoms. The summed E-state index contributed by atoms with van der Waals surface area (Å²) in [7, 11) is 0. The van der Waals surface area contributed by atoms with Gasteiger partial charge in [0.15, 0.2) is 0 Å². The molecule has 0 amide bonds. The van der Waals surface area contributed by atoms with E-state index >= 15 is 0 Å². The van der Waals surface area contributed by atoms with Crippen LogP contribution in [0, 0.1) is 0 Å².